The van der Waals surface area contributed by atoms with Crippen LogP contribution in [0.2, 0.25) is 0 Å². The lowest BCUT2D eigenvalue weighted by molar-refractivity contribution is -0.130. The van der Waals surface area contributed by atoms with Crippen molar-refractivity contribution in [2.24, 2.45) is 5.10 Å². The third-order valence-corrected chi connectivity index (χ3v) is 2.94. The van der Waals surface area contributed by atoms with Crippen molar-refractivity contribution in [3.05, 3.63) is 0 Å². The standard InChI is InChI=1S/C11H18N4O2/c1-8(2)15-10(16)7-9(13-15)11(17)14-5-3-12-4-6-14/h8,12H,3-7H2,1-2H3. The second kappa shape index (κ2) is 4.83. The number of carbonyl (C=O) groups excluding carboxylic acids is 2. The zero-order valence-corrected chi connectivity index (χ0v) is 10.3. The number of carbonyl (C=O) groups is 2. The van der Waals surface area contributed by atoms with Crippen LogP contribution in [0.15, 0.2) is 5.10 Å². The monoisotopic (exact) mass is 238 g/mol. The fourth-order valence-corrected chi connectivity index (χ4v) is 2.02. The normalized spacial score (nSPS) is 21.1. The highest BCUT2D eigenvalue weighted by Gasteiger charge is 2.32. The van der Waals surface area contributed by atoms with Crippen LogP contribution in [0.1, 0.15) is 20.3 Å². The first-order valence-corrected chi connectivity index (χ1v) is 5.99. The summed E-state index contributed by atoms with van der Waals surface area (Å²) in [6.07, 6.45) is 0.140. The molecule has 2 aliphatic heterocycles. The maximum Gasteiger partial charge on any atom is 0.270 e. The number of hydrogen-bond acceptors (Lipinski definition) is 4. The van der Waals surface area contributed by atoms with E-state index in [2.05, 4.69) is 10.4 Å². The molecular formula is C11H18N4O2. The Balaban J connectivity index is 2.05. The molecule has 6 heteroatoms. The van der Waals surface area contributed by atoms with Crippen LogP contribution in [-0.2, 0) is 9.59 Å². The SMILES string of the molecule is CC(C)N1N=C(C(=O)N2CCNCC2)CC1=O. The molecule has 1 saturated heterocycles. The van der Waals surface area contributed by atoms with Crippen LogP contribution >= 0.6 is 0 Å². The quantitative estimate of drug-likeness (QED) is 0.699. The molecule has 0 bridgehead atoms. The van der Waals surface area contributed by atoms with Crippen LogP contribution in [0.3, 0.4) is 0 Å². The van der Waals surface area contributed by atoms with Gasteiger partial charge in [-0.25, -0.2) is 5.01 Å². The van der Waals surface area contributed by atoms with E-state index < -0.39 is 0 Å². The number of hydrazone groups is 1. The van der Waals surface area contributed by atoms with Crippen molar-refractivity contribution in [1.82, 2.24) is 15.2 Å². The molecule has 2 aliphatic rings. The summed E-state index contributed by atoms with van der Waals surface area (Å²) in [6.45, 7) is 6.77. The minimum atomic E-state index is -0.0944. The van der Waals surface area contributed by atoms with E-state index in [0.717, 1.165) is 13.1 Å². The summed E-state index contributed by atoms with van der Waals surface area (Å²) < 4.78 is 0. The fourth-order valence-electron chi connectivity index (χ4n) is 2.02. The largest absolute Gasteiger partial charge is 0.335 e. The van der Waals surface area contributed by atoms with Gasteiger partial charge in [0.15, 0.2) is 0 Å². The third-order valence-electron chi connectivity index (χ3n) is 2.94. The van der Waals surface area contributed by atoms with E-state index in [1.54, 1.807) is 4.90 Å². The molecule has 6 nitrogen and oxygen atoms in total. The molecule has 0 radical (unpaired) electrons. The minimum Gasteiger partial charge on any atom is -0.335 e. The molecule has 0 atom stereocenters. The summed E-state index contributed by atoms with van der Waals surface area (Å²) in [5, 5.41) is 8.72. The van der Waals surface area contributed by atoms with Crippen LogP contribution in [0.5, 0.6) is 0 Å². The minimum absolute atomic E-state index is 0.0100. The van der Waals surface area contributed by atoms with Gasteiger partial charge in [0.05, 0.1) is 6.42 Å². The summed E-state index contributed by atoms with van der Waals surface area (Å²) >= 11 is 0. The van der Waals surface area contributed by atoms with Crippen molar-refractivity contribution in [2.45, 2.75) is 26.3 Å². The van der Waals surface area contributed by atoms with E-state index in [9.17, 15) is 9.59 Å². The fraction of sp³-hybridized carbons (Fsp3) is 0.727. The topological polar surface area (TPSA) is 65.0 Å². The molecule has 1 fully saturated rings. The van der Waals surface area contributed by atoms with Gasteiger partial charge in [-0.15, -0.1) is 0 Å². The average Bonchev–Trinajstić information content (AvgIpc) is 2.71. The van der Waals surface area contributed by atoms with E-state index in [4.69, 9.17) is 0 Å². The van der Waals surface area contributed by atoms with Gasteiger partial charge in [-0.1, -0.05) is 0 Å². The molecule has 0 aromatic carbocycles. The third kappa shape index (κ3) is 2.46. The maximum atomic E-state index is 12.1. The van der Waals surface area contributed by atoms with E-state index in [-0.39, 0.29) is 24.3 Å². The van der Waals surface area contributed by atoms with Gasteiger partial charge in [0.2, 0.25) is 5.91 Å². The van der Waals surface area contributed by atoms with Gasteiger partial charge in [-0.05, 0) is 13.8 Å². The molecule has 2 heterocycles. The van der Waals surface area contributed by atoms with Crippen molar-refractivity contribution in [2.75, 3.05) is 26.2 Å². The number of nitrogens with one attached hydrogen (secondary N) is 1. The summed E-state index contributed by atoms with van der Waals surface area (Å²) in [6, 6.07) is 0.0100. The Morgan fingerprint density at radius 1 is 1.35 bits per heavy atom. The number of nitrogens with zero attached hydrogens (tertiary/aromatic N) is 3. The van der Waals surface area contributed by atoms with Crippen LogP contribution in [0.4, 0.5) is 0 Å². The molecular weight excluding hydrogens is 220 g/mol. The highest BCUT2D eigenvalue weighted by atomic mass is 16.2. The lowest BCUT2D eigenvalue weighted by Gasteiger charge is -2.27. The Hall–Kier alpha value is -1.43. The van der Waals surface area contributed by atoms with Crippen LogP contribution in [-0.4, -0.2) is 59.7 Å². The number of piperazine rings is 1. The Labute approximate surface area is 101 Å². The Morgan fingerprint density at radius 3 is 2.53 bits per heavy atom. The predicted molar refractivity (Wildman–Crippen MR) is 63.5 cm³/mol. The summed E-state index contributed by atoms with van der Waals surface area (Å²) in [5.74, 6) is -0.179. The lowest BCUT2D eigenvalue weighted by atomic mass is 10.2. The molecule has 0 saturated carbocycles. The van der Waals surface area contributed by atoms with E-state index in [1.807, 2.05) is 13.8 Å². The summed E-state index contributed by atoms with van der Waals surface area (Å²) in [7, 11) is 0. The highest BCUT2D eigenvalue weighted by Crippen LogP contribution is 2.13. The van der Waals surface area contributed by atoms with Crippen LogP contribution in [0.25, 0.3) is 0 Å². The van der Waals surface area contributed by atoms with Gasteiger partial charge < -0.3 is 10.2 Å². The zero-order valence-electron chi connectivity index (χ0n) is 10.3. The van der Waals surface area contributed by atoms with Gasteiger partial charge in [-0.2, -0.15) is 5.10 Å². The molecule has 0 aromatic heterocycles. The number of hydrogen-bond donors (Lipinski definition) is 1. The van der Waals surface area contributed by atoms with Crippen molar-refractivity contribution in [3.8, 4) is 0 Å². The van der Waals surface area contributed by atoms with Gasteiger partial charge in [0.1, 0.15) is 5.71 Å². The first kappa shape index (κ1) is 12.0. The van der Waals surface area contributed by atoms with E-state index >= 15 is 0 Å². The van der Waals surface area contributed by atoms with Gasteiger partial charge in [0.25, 0.3) is 5.91 Å². The molecule has 2 amide bonds. The Bertz CT molecular complexity index is 358. The average molecular weight is 238 g/mol. The van der Waals surface area contributed by atoms with Gasteiger partial charge in [0, 0.05) is 32.2 Å². The second-order valence-electron chi connectivity index (χ2n) is 4.60. The smallest absolute Gasteiger partial charge is 0.270 e. The van der Waals surface area contributed by atoms with Crippen molar-refractivity contribution in [3.63, 3.8) is 0 Å². The molecule has 0 aromatic rings. The maximum absolute atomic E-state index is 12.1. The first-order valence-electron chi connectivity index (χ1n) is 5.99. The molecule has 0 aliphatic carbocycles. The lowest BCUT2D eigenvalue weighted by Crippen LogP contribution is -2.48. The van der Waals surface area contributed by atoms with Gasteiger partial charge in [-0.3, -0.25) is 9.59 Å². The molecule has 0 unspecified atom stereocenters. The number of rotatable bonds is 2. The van der Waals surface area contributed by atoms with Crippen molar-refractivity contribution in [1.29, 1.82) is 0 Å². The summed E-state index contributed by atoms with van der Waals surface area (Å²) in [4.78, 5) is 25.5. The molecule has 1 N–H and O–H groups in total. The van der Waals surface area contributed by atoms with Gasteiger partial charge >= 0.3 is 0 Å². The summed E-state index contributed by atoms with van der Waals surface area (Å²) in [5.41, 5.74) is 0.380. The Kier molecular flexibility index (Phi) is 3.42. The van der Waals surface area contributed by atoms with E-state index in [0.29, 0.717) is 18.8 Å². The second-order valence-corrected chi connectivity index (χ2v) is 4.60. The molecule has 94 valence electrons. The van der Waals surface area contributed by atoms with E-state index in [1.165, 1.54) is 5.01 Å². The van der Waals surface area contributed by atoms with Crippen LogP contribution in [0, 0.1) is 0 Å². The van der Waals surface area contributed by atoms with Crippen molar-refractivity contribution < 1.29 is 9.59 Å². The van der Waals surface area contributed by atoms with Crippen molar-refractivity contribution >= 4 is 17.5 Å². The Morgan fingerprint density at radius 2 is 2.00 bits per heavy atom. The van der Waals surface area contributed by atoms with Crippen LogP contribution < -0.4 is 5.32 Å². The zero-order chi connectivity index (χ0) is 12.4. The number of amides is 2. The molecule has 17 heavy (non-hydrogen) atoms. The molecule has 0 spiro atoms. The first-order chi connectivity index (χ1) is 8.09. The predicted octanol–water partition coefficient (Wildman–Crippen LogP) is -0.585. The highest BCUT2D eigenvalue weighted by molar-refractivity contribution is 6.43. The molecule has 2 rings (SSSR count).